The zero-order valence-electron chi connectivity index (χ0n) is 11.3. The van der Waals surface area contributed by atoms with Gasteiger partial charge in [0, 0.05) is 11.8 Å². The van der Waals surface area contributed by atoms with Crippen molar-refractivity contribution < 1.29 is 8.42 Å². The van der Waals surface area contributed by atoms with E-state index >= 15 is 0 Å². The van der Waals surface area contributed by atoms with Crippen LogP contribution in [0.4, 0.5) is 0 Å². The number of tetrazole rings is 1. The molecule has 0 aliphatic rings. The Kier molecular flexibility index (Phi) is 3.17. The summed E-state index contributed by atoms with van der Waals surface area (Å²) in [5.41, 5.74) is 1.21. The quantitative estimate of drug-likeness (QED) is 0.902. The zero-order valence-corrected chi connectivity index (χ0v) is 12.1. The minimum Gasteiger partial charge on any atom is -0.239 e. The summed E-state index contributed by atoms with van der Waals surface area (Å²) >= 11 is 0. The van der Waals surface area contributed by atoms with E-state index in [0.29, 0.717) is 11.4 Å². The Morgan fingerprint density at radius 1 is 1.21 bits per heavy atom. The average Bonchev–Trinajstić information content (AvgIpc) is 2.78. The first kappa shape index (κ1) is 13.7. The molecule has 0 atom stereocenters. The fourth-order valence-corrected chi connectivity index (χ4v) is 2.88. The number of nitrogens with zero attached hydrogens (tertiary/aromatic N) is 3. The molecule has 1 heterocycles. The fourth-order valence-electron chi connectivity index (χ4n) is 1.97. The van der Waals surface area contributed by atoms with Gasteiger partial charge >= 0.3 is 0 Å². The van der Waals surface area contributed by atoms with Gasteiger partial charge in [-0.15, -0.1) is 5.10 Å². The van der Waals surface area contributed by atoms with Gasteiger partial charge in [-0.2, -0.15) is 0 Å². The molecule has 0 fully saturated rings. The van der Waals surface area contributed by atoms with Gasteiger partial charge in [0.05, 0.1) is 4.90 Å². The van der Waals surface area contributed by atoms with Crippen LogP contribution >= 0.6 is 0 Å². The van der Waals surface area contributed by atoms with E-state index in [4.69, 9.17) is 0 Å². The Morgan fingerprint density at radius 2 is 1.89 bits per heavy atom. The van der Waals surface area contributed by atoms with Gasteiger partial charge in [-0.1, -0.05) is 32.9 Å². The molecule has 19 heavy (non-hydrogen) atoms. The summed E-state index contributed by atoms with van der Waals surface area (Å²) in [6.45, 7) is 6.05. The number of hydrogen-bond donors (Lipinski definition) is 1. The first-order valence-electron chi connectivity index (χ1n) is 5.79. The predicted octanol–water partition coefficient (Wildman–Crippen LogP) is 1.57. The lowest BCUT2D eigenvalue weighted by Crippen LogP contribution is -2.15. The summed E-state index contributed by atoms with van der Waals surface area (Å²) in [5.74, 6) is 0.367. The Labute approximate surface area is 112 Å². The van der Waals surface area contributed by atoms with Gasteiger partial charge in [0.1, 0.15) is 0 Å². The van der Waals surface area contributed by atoms with Gasteiger partial charge < -0.3 is 0 Å². The number of sulfone groups is 1. The highest BCUT2D eigenvalue weighted by molar-refractivity contribution is 7.90. The number of benzene rings is 1. The summed E-state index contributed by atoms with van der Waals surface area (Å²) in [7, 11) is -3.36. The van der Waals surface area contributed by atoms with Crippen LogP contribution in [0.25, 0.3) is 11.4 Å². The van der Waals surface area contributed by atoms with Crippen LogP contribution in [0.1, 0.15) is 26.3 Å². The molecule has 2 aromatic rings. The summed E-state index contributed by atoms with van der Waals surface area (Å²) in [4.78, 5) is 0.235. The maximum Gasteiger partial charge on any atom is 0.181 e. The zero-order chi connectivity index (χ0) is 14.3. The van der Waals surface area contributed by atoms with Crippen molar-refractivity contribution in [2.24, 2.45) is 0 Å². The number of aromatic amines is 1. The number of hydrogen-bond acceptors (Lipinski definition) is 5. The van der Waals surface area contributed by atoms with Crippen LogP contribution in [0.2, 0.25) is 0 Å². The molecule has 0 radical (unpaired) electrons. The maximum absolute atomic E-state index is 11.9. The third-order valence-electron chi connectivity index (χ3n) is 2.82. The molecular weight excluding hydrogens is 264 g/mol. The Hall–Kier alpha value is -1.76. The van der Waals surface area contributed by atoms with E-state index in [0.717, 1.165) is 5.56 Å². The molecule has 0 aliphatic carbocycles. The van der Waals surface area contributed by atoms with Crippen molar-refractivity contribution in [1.29, 1.82) is 0 Å². The van der Waals surface area contributed by atoms with Crippen molar-refractivity contribution in [2.45, 2.75) is 31.1 Å². The third kappa shape index (κ3) is 2.65. The number of H-pyrrole nitrogens is 1. The third-order valence-corrected chi connectivity index (χ3v) is 3.96. The second-order valence-corrected chi connectivity index (χ2v) is 7.43. The molecule has 7 heteroatoms. The van der Waals surface area contributed by atoms with Gasteiger partial charge in [0.15, 0.2) is 15.7 Å². The van der Waals surface area contributed by atoms with E-state index in [1.807, 2.05) is 26.8 Å². The van der Waals surface area contributed by atoms with Crippen molar-refractivity contribution in [3.63, 3.8) is 0 Å². The summed E-state index contributed by atoms with van der Waals surface area (Å²) in [6.07, 6.45) is 1.18. The van der Waals surface area contributed by atoms with E-state index in [1.54, 1.807) is 12.1 Å². The number of aromatic nitrogens is 4. The minimum atomic E-state index is -3.36. The van der Waals surface area contributed by atoms with Crippen LogP contribution in [-0.4, -0.2) is 35.3 Å². The molecule has 2 rings (SSSR count). The van der Waals surface area contributed by atoms with Crippen LogP contribution in [0.15, 0.2) is 23.1 Å². The molecule has 0 spiro atoms. The molecule has 6 nitrogen and oxygen atoms in total. The second kappa shape index (κ2) is 4.41. The number of rotatable bonds is 2. The Balaban J connectivity index is 2.86. The minimum absolute atomic E-state index is 0.219. The predicted molar refractivity (Wildman–Crippen MR) is 71.4 cm³/mol. The largest absolute Gasteiger partial charge is 0.239 e. The van der Waals surface area contributed by atoms with E-state index in [1.165, 1.54) is 6.26 Å². The van der Waals surface area contributed by atoms with Crippen LogP contribution in [0.3, 0.4) is 0 Å². The lowest BCUT2D eigenvalue weighted by Gasteiger charge is -2.23. The molecule has 1 N–H and O–H groups in total. The van der Waals surface area contributed by atoms with Crippen LogP contribution in [-0.2, 0) is 15.3 Å². The maximum atomic E-state index is 11.9. The number of nitrogens with one attached hydrogen (secondary N) is 1. The smallest absolute Gasteiger partial charge is 0.181 e. The van der Waals surface area contributed by atoms with Crippen LogP contribution in [0.5, 0.6) is 0 Å². The summed E-state index contributed by atoms with van der Waals surface area (Å²) in [5, 5.41) is 13.6. The highest BCUT2D eigenvalue weighted by Gasteiger charge is 2.26. The lowest BCUT2D eigenvalue weighted by atomic mass is 9.83. The molecule has 0 aliphatic heterocycles. The van der Waals surface area contributed by atoms with Gasteiger partial charge in [-0.25, -0.2) is 13.5 Å². The first-order valence-corrected chi connectivity index (χ1v) is 7.68. The van der Waals surface area contributed by atoms with E-state index in [-0.39, 0.29) is 10.3 Å². The molecule has 0 saturated carbocycles. The standard InChI is InChI=1S/C12H16N4O2S/c1-12(2,3)8-6-5-7-9(19(4,17)18)10(8)11-13-15-16-14-11/h5-7H,1-4H3,(H,13,14,15,16). The highest BCUT2D eigenvalue weighted by Crippen LogP contribution is 2.35. The molecular formula is C12H16N4O2S. The van der Waals surface area contributed by atoms with Crippen molar-refractivity contribution in [1.82, 2.24) is 20.6 Å². The Bertz CT molecular complexity index is 685. The van der Waals surface area contributed by atoms with E-state index in [9.17, 15) is 8.42 Å². The fraction of sp³-hybridized carbons (Fsp3) is 0.417. The van der Waals surface area contributed by atoms with Crippen molar-refractivity contribution >= 4 is 9.84 Å². The van der Waals surface area contributed by atoms with Gasteiger partial charge in [0.25, 0.3) is 0 Å². The molecule has 0 saturated heterocycles. The van der Waals surface area contributed by atoms with Crippen molar-refractivity contribution in [2.75, 3.05) is 6.26 Å². The SMILES string of the molecule is CC(C)(C)c1cccc(S(C)(=O)=O)c1-c1nnn[nH]1. The first-order chi connectivity index (χ1) is 8.71. The van der Waals surface area contributed by atoms with E-state index in [2.05, 4.69) is 20.6 Å². The summed E-state index contributed by atoms with van der Waals surface area (Å²) in [6, 6.07) is 5.21. The second-order valence-electron chi connectivity index (χ2n) is 5.45. The van der Waals surface area contributed by atoms with Gasteiger partial charge in [0.2, 0.25) is 0 Å². The Morgan fingerprint density at radius 3 is 2.37 bits per heavy atom. The lowest BCUT2D eigenvalue weighted by molar-refractivity contribution is 0.586. The van der Waals surface area contributed by atoms with Crippen LogP contribution < -0.4 is 0 Å². The molecule has 102 valence electrons. The van der Waals surface area contributed by atoms with Crippen LogP contribution in [0, 0.1) is 0 Å². The highest BCUT2D eigenvalue weighted by atomic mass is 32.2. The average molecular weight is 280 g/mol. The topological polar surface area (TPSA) is 88.6 Å². The molecule has 1 aromatic carbocycles. The monoisotopic (exact) mass is 280 g/mol. The van der Waals surface area contributed by atoms with Crippen molar-refractivity contribution in [3.8, 4) is 11.4 Å². The molecule has 0 unspecified atom stereocenters. The molecule has 1 aromatic heterocycles. The molecule has 0 bridgehead atoms. The normalized spacial score (nSPS) is 12.6. The van der Waals surface area contributed by atoms with Crippen molar-refractivity contribution in [3.05, 3.63) is 23.8 Å². The van der Waals surface area contributed by atoms with E-state index < -0.39 is 9.84 Å². The van der Waals surface area contributed by atoms with Gasteiger partial charge in [-0.05, 0) is 27.5 Å². The van der Waals surface area contributed by atoms with Gasteiger partial charge in [-0.3, -0.25) is 0 Å². The summed E-state index contributed by atoms with van der Waals surface area (Å²) < 4.78 is 23.9. The molecule has 0 amide bonds.